The molecule has 2 aromatic rings. The van der Waals surface area contributed by atoms with E-state index >= 15 is 4.39 Å². The van der Waals surface area contributed by atoms with Gasteiger partial charge in [-0.05, 0) is 6.07 Å². The Morgan fingerprint density at radius 1 is 0.935 bits per heavy atom. The van der Waals surface area contributed by atoms with Gasteiger partial charge in [-0.15, -0.1) is 0 Å². The number of ketones is 1. The average Bonchev–Trinajstić information content (AvgIpc) is 2.66. The molecule has 5 nitrogen and oxygen atoms in total. The lowest BCUT2D eigenvalue weighted by molar-refractivity contribution is -0.137. The molecule has 13 heteroatoms. The first-order chi connectivity index (χ1) is 14.2. The van der Waals surface area contributed by atoms with Crippen molar-refractivity contribution in [3.63, 3.8) is 0 Å². The van der Waals surface area contributed by atoms with Gasteiger partial charge in [-0.25, -0.2) is 4.18 Å². The second kappa shape index (κ2) is 7.34. The molecule has 3 rings (SSSR count). The van der Waals surface area contributed by atoms with E-state index in [0.29, 0.717) is 24.4 Å². The summed E-state index contributed by atoms with van der Waals surface area (Å²) in [7, 11) is -6.67. The van der Waals surface area contributed by atoms with Crippen molar-refractivity contribution in [3.8, 4) is 0 Å². The first-order valence-electron chi connectivity index (χ1n) is 8.17. The normalized spacial score (nSPS) is 19.3. The summed E-state index contributed by atoms with van der Waals surface area (Å²) < 4.78 is 121. The van der Waals surface area contributed by atoms with E-state index in [0.717, 1.165) is 12.1 Å². The number of hydrogen-bond acceptors (Lipinski definition) is 5. The van der Waals surface area contributed by atoms with Crippen molar-refractivity contribution in [2.75, 3.05) is 5.32 Å². The Kier molecular flexibility index (Phi) is 5.39. The molecule has 1 aliphatic rings. The molecule has 2 aromatic carbocycles. The SMILES string of the molecule is O=C(C1=CNc2c(C(F)(F)F)cccc2C1(F)OS(=O)(=O)C(F)(F)F)c1ccccc1. The van der Waals surface area contributed by atoms with E-state index in [1.54, 1.807) is 0 Å². The Labute approximate surface area is 170 Å². The molecule has 1 aliphatic heterocycles. The molecule has 0 fully saturated rings. The number of hydrogen-bond donors (Lipinski definition) is 1. The number of alkyl halides is 7. The standard InChI is InChI=1S/C18H10F7NO4S/c19-16(30-31(28,29)18(23,24)25)11-7-4-8-12(17(20,21)22)14(11)26-9-13(16)15(27)10-5-2-1-3-6-10/h1-9,26H. The van der Waals surface area contributed by atoms with Crippen LogP contribution >= 0.6 is 0 Å². The van der Waals surface area contributed by atoms with E-state index in [1.807, 2.05) is 5.32 Å². The van der Waals surface area contributed by atoms with E-state index < -0.39 is 55.8 Å². The second-order valence-electron chi connectivity index (χ2n) is 6.20. The van der Waals surface area contributed by atoms with Gasteiger partial charge < -0.3 is 5.32 Å². The van der Waals surface area contributed by atoms with Crippen LogP contribution in [0.15, 0.2) is 60.3 Å². The highest BCUT2D eigenvalue weighted by molar-refractivity contribution is 7.87. The maximum atomic E-state index is 16.0. The van der Waals surface area contributed by atoms with Crippen molar-refractivity contribution in [2.45, 2.75) is 17.5 Å². The average molecular weight is 469 g/mol. The summed E-state index contributed by atoms with van der Waals surface area (Å²) in [4.78, 5) is 12.7. The van der Waals surface area contributed by atoms with Gasteiger partial charge in [0, 0.05) is 17.3 Å². The van der Waals surface area contributed by atoms with Gasteiger partial charge in [-0.2, -0.15) is 39.2 Å². The Bertz CT molecular complexity index is 1160. The third-order valence-corrected chi connectivity index (χ3v) is 5.23. The molecule has 0 aromatic heterocycles. The summed E-state index contributed by atoms with van der Waals surface area (Å²) in [5.41, 5.74) is -11.6. The van der Waals surface area contributed by atoms with Crippen molar-refractivity contribution >= 4 is 21.6 Å². The Hall–Kier alpha value is -2.93. The van der Waals surface area contributed by atoms with Crippen molar-refractivity contribution in [1.29, 1.82) is 0 Å². The number of Topliss-reactive ketones (excluding diaryl/α,β-unsaturated/α-hetero) is 1. The number of benzene rings is 2. The van der Waals surface area contributed by atoms with Crippen molar-refractivity contribution in [2.24, 2.45) is 0 Å². The molecule has 0 radical (unpaired) electrons. The third kappa shape index (κ3) is 4.02. The molecule has 0 saturated heterocycles. The van der Waals surface area contributed by atoms with Crippen LogP contribution in [0.5, 0.6) is 0 Å². The summed E-state index contributed by atoms with van der Waals surface area (Å²) in [6, 6.07) is 8.10. The summed E-state index contributed by atoms with van der Waals surface area (Å²) in [5, 5.41) is 2.02. The van der Waals surface area contributed by atoms with Crippen LogP contribution in [0.1, 0.15) is 21.5 Å². The van der Waals surface area contributed by atoms with Gasteiger partial charge in [-0.1, -0.05) is 42.5 Å². The second-order valence-corrected chi connectivity index (χ2v) is 7.74. The number of halogens is 7. The molecule has 0 aliphatic carbocycles. The number of fused-ring (bicyclic) bond motifs is 1. The quantitative estimate of drug-likeness (QED) is 0.299. The van der Waals surface area contributed by atoms with E-state index in [9.17, 15) is 39.6 Å². The maximum absolute atomic E-state index is 16.0. The minimum Gasteiger partial charge on any atom is -0.360 e. The van der Waals surface area contributed by atoms with Gasteiger partial charge in [-0.3, -0.25) is 4.79 Å². The predicted molar refractivity (Wildman–Crippen MR) is 92.8 cm³/mol. The first kappa shape index (κ1) is 22.7. The Balaban J connectivity index is 2.25. The van der Waals surface area contributed by atoms with Crippen LogP contribution in [0.25, 0.3) is 0 Å². The van der Waals surface area contributed by atoms with Gasteiger partial charge in [0.1, 0.15) is 0 Å². The highest BCUT2D eigenvalue weighted by atomic mass is 32.2. The summed E-state index contributed by atoms with van der Waals surface area (Å²) in [6.07, 6.45) is -4.74. The number of para-hydroxylation sites is 1. The topological polar surface area (TPSA) is 72.5 Å². The van der Waals surface area contributed by atoms with Gasteiger partial charge in [0.15, 0.2) is 5.78 Å². The molecule has 0 bridgehead atoms. The van der Waals surface area contributed by atoms with Crippen LogP contribution in [0.3, 0.4) is 0 Å². The lowest BCUT2D eigenvalue weighted by Crippen LogP contribution is -2.41. The zero-order valence-electron chi connectivity index (χ0n) is 14.9. The summed E-state index contributed by atoms with van der Waals surface area (Å²) in [5.74, 6) is -5.51. The van der Waals surface area contributed by atoms with Gasteiger partial charge in [0.2, 0.25) is 0 Å². The first-order valence-corrected chi connectivity index (χ1v) is 9.58. The highest BCUT2D eigenvalue weighted by Gasteiger charge is 2.57. The fourth-order valence-electron chi connectivity index (χ4n) is 2.84. The number of carbonyl (C=O) groups excluding carboxylic acids is 1. The molecule has 1 heterocycles. The monoisotopic (exact) mass is 469 g/mol. The lowest BCUT2D eigenvalue weighted by atomic mass is 9.88. The van der Waals surface area contributed by atoms with Crippen molar-refractivity contribution < 1.29 is 48.1 Å². The van der Waals surface area contributed by atoms with Crippen LogP contribution in [0.2, 0.25) is 0 Å². The third-order valence-electron chi connectivity index (χ3n) is 4.21. The van der Waals surface area contributed by atoms with Gasteiger partial charge in [0.05, 0.1) is 16.8 Å². The van der Waals surface area contributed by atoms with E-state index in [2.05, 4.69) is 4.18 Å². The minimum atomic E-state index is -6.67. The summed E-state index contributed by atoms with van der Waals surface area (Å²) in [6.45, 7) is 0. The van der Waals surface area contributed by atoms with Crippen LogP contribution in [0, 0.1) is 0 Å². The molecule has 1 unspecified atom stereocenters. The number of nitrogens with one attached hydrogen (secondary N) is 1. The molecule has 0 saturated carbocycles. The summed E-state index contributed by atoms with van der Waals surface area (Å²) >= 11 is 0. The number of anilines is 1. The fourth-order valence-corrected chi connectivity index (χ4v) is 3.42. The van der Waals surface area contributed by atoms with Crippen LogP contribution in [0.4, 0.5) is 36.4 Å². The molecule has 166 valence electrons. The van der Waals surface area contributed by atoms with E-state index in [1.165, 1.54) is 18.2 Å². The van der Waals surface area contributed by atoms with E-state index in [4.69, 9.17) is 0 Å². The van der Waals surface area contributed by atoms with Gasteiger partial charge in [0.25, 0.3) is 5.85 Å². The molecular weight excluding hydrogens is 459 g/mol. The van der Waals surface area contributed by atoms with Crippen molar-refractivity contribution in [3.05, 3.63) is 77.0 Å². The van der Waals surface area contributed by atoms with Crippen LogP contribution in [-0.2, 0) is 26.3 Å². The molecule has 1 N–H and O–H groups in total. The fraction of sp³-hybridized carbons (Fsp3) is 0.167. The van der Waals surface area contributed by atoms with E-state index in [-0.39, 0.29) is 5.56 Å². The molecular formula is C18H10F7NO4S. The zero-order valence-corrected chi connectivity index (χ0v) is 15.7. The Morgan fingerprint density at radius 3 is 2.10 bits per heavy atom. The lowest BCUT2D eigenvalue weighted by Gasteiger charge is -2.33. The smallest absolute Gasteiger partial charge is 0.360 e. The highest BCUT2D eigenvalue weighted by Crippen LogP contribution is 2.49. The predicted octanol–water partition coefficient (Wildman–Crippen LogP) is 4.89. The molecule has 31 heavy (non-hydrogen) atoms. The Morgan fingerprint density at radius 2 is 1.55 bits per heavy atom. The molecule has 1 atom stereocenters. The van der Waals surface area contributed by atoms with Gasteiger partial charge >= 0.3 is 21.8 Å². The zero-order chi connectivity index (χ0) is 23.2. The van der Waals surface area contributed by atoms with Crippen LogP contribution in [-0.4, -0.2) is 19.7 Å². The molecule has 0 amide bonds. The van der Waals surface area contributed by atoms with Crippen molar-refractivity contribution in [1.82, 2.24) is 0 Å². The largest absolute Gasteiger partial charge is 0.523 e. The number of rotatable bonds is 4. The minimum absolute atomic E-state index is 0.277. The number of carbonyl (C=O) groups is 1. The molecule has 0 spiro atoms. The maximum Gasteiger partial charge on any atom is 0.523 e. The van der Waals surface area contributed by atoms with Crippen LogP contribution < -0.4 is 5.32 Å².